The molecule has 0 aromatic carbocycles. The molecule has 19 heavy (non-hydrogen) atoms. The Kier molecular flexibility index (Phi) is 4.23. The maximum atomic E-state index is 12.2. The molecule has 0 aliphatic heterocycles. The summed E-state index contributed by atoms with van der Waals surface area (Å²) in [6.45, 7) is 1.38. The normalized spacial score (nSPS) is 12.9. The molecule has 0 spiro atoms. The number of ether oxygens (including phenoxy) is 1. The van der Waals surface area contributed by atoms with E-state index in [9.17, 15) is 26.3 Å². The third-order valence-corrected chi connectivity index (χ3v) is 2.10. The van der Waals surface area contributed by atoms with Crippen LogP contribution in [0.2, 0.25) is 0 Å². The van der Waals surface area contributed by atoms with Crippen molar-refractivity contribution >= 4 is 0 Å². The summed E-state index contributed by atoms with van der Waals surface area (Å²) in [7, 11) is 0. The Labute approximate surface area is 103 Å². The van der Waals surface area contributed by atoms with E-state index in [1.807, 2.05) is 0 Å². The summed E-state index contributed by atoms with van der Waals surface area (Å²) in [5, 5.41) is 0. The molecule has 0 saturated heterocycles. The topological polar surface area (TPSA) is 61.0 Å². The zero-order valence-electron chi connectivity index (χ0n) is 9.51. The van der Waals surface area contributed by atoms with Gasteiger partial charge in [-0.15, -0.1) is 0 Å². The van der Waals surface area contributed by atoms with Crippen molar-refractivity contribution in [1.29, 1.82) is 0 Å². The van der Waals surface area contributed by atoms with Crippen molar-refractivity contribution < 1.29 is 31.1 Å². The Morgan fingerprint density at radius 2 is 1.74 bits per heavy atom. The number of hydrogen-bond acceptors (Lipinski definition) is 4. The second-order valence-corrected chi connectivity index (χ2v) is 3.55. The number of aromatic nitrogens is 2. The highest BCUT2D eigenvalue weighted by molar-refractivity contribution is 5.17. The molecule has 0 aliphatic rings. The number of nitrogens with two attached hydrogens (primary N) is 1. The van der Waals surface area contributed by atoms with Crippen molar-refractivity contribution in [3.63, 3.8) is 0 Å². The minimum Gasteiger partial charge on any atom is -0.441 e. The molecule has 0 unspecified atom stereocenters. The first-order valence-electron chi connectivity index (χ1n) is 4.88. The second-order valence-electron chi connectivity index (χ2n) is 3.55. The Hall–Kier alpha value is -1.58. The van der Waals surface area contributed by atoms with Crippen molar-refractivity contribution in [2.24, 2.45) is 5.73 Å². The van der Waals surface area contributed by atoms with Crippen molar-refractivity contribution in [3.8, 4) is 6.01 Å². The third kappa shape index (κ3) is 3.94. The largest absolute Gasteiger partial charge is 0.441 e. The molecule has 1 rings (SSSR count). The lowest BCUT2D eigenvalue weighted by atomic mass is 10.2. The fourth-order valence-electron chi connectivity index (χ4n) is 1.15. The van der Waals surface area contributed by atoms with Crippen LogP contribution in [-0.2, 0) is 6.54 Å². The zero-order valence-corrected chi connectivity index (χ0v) is 9.51. The van der Waals surface area contributed by atoms with Crippen molar-refractivity contribution in [1.82, 2.24) is 9.97 Å². The number of nitrogens with zero attached hydrogens (tertiary/aromatic N) is 2. The molecule has 0 fully saturated rings. The Balaban J connectivity index is 3.01. The average molecular weight is 289 g/mol. The first-order valence-corrected chi connectivity index (χ1v) is 4.88. The fourth-order valence-corrected chi connectivity index (χ4v) is 1.15. The van der Waals surface area contributed by atoms with E-state index in [0.29, 0.717) is 5.56 Å². The Morgan fingerprint density at radius 3 is 2.11 bits per heavy atom. The molecular formula is C9H9F6N3O. The zero-order chi connectivity index (χ0) is 14.8. The number of halogens is 6. The number of alkyl halides is 6. The van der Waals surface area contributed by atoms with Crippen LogP contribution in [0.4, 0.5) is 26.3 Å². The molecule has 0 aliphatic carbocycles. The highest BCUT2D eigenvalue weighted by Crippen LogP contribution is 2.35. The van der Waals surface area contributed by atoms with Gasteiger partial charge in [0.1, 0.15) is 0 Å². The average Bonchev–Trinajstić information content (AvgIpc) is 2.23. The van der Waals surface area contributed by atoms with E-state index in [-0.39, 0.29) is 12.2 Å². The van der Waals surface area contributed by atoms with Crippen LogP contribution in [0.3, 0.4) is 0 Å². The van der Waals surface area contributed by atoms with Gasteiger partial charge < -0.3 is 10.5 Å². The first-order chi connectivity index (χ1) is 8.55. The van der Waals surface area contributed by atoms with E-state index in [0.717, 1.165) is 6.20 Å². The van der Waals surface area contributed by atoms with Gasteiger partial charge in [-0.05, 0) is 6.92 Å². The number of rotatable bonds is 3. The second kappa shape index (κ2) is 5.19. The molecule has 1 aromatic rings. The smallest absolute Gasteiger partial charge is 0.434 e. The molecular weight excluding hydrogens is 280 g/mol. The van der Waals surface area contributed by atoms with Crippen LogP contribution in [0.1, 0.15) is 11.3 Å². The maximum Gasteiger partial charge on any atom is 0.434 e. The molecule has 0 amide bonds. The quantitative estimate of drug-likeness (QED) is 0.866. The maximum absolute atomic E-state index is 12.2. The standard InChI is InChI=1S/C9H9F6N3O/c1-4-5(2-16)3-17-7(18-4)19-6(8(10,11)12)9(13,14)15/h3,6H,2,16H2,1H3. The van der Waals surface area contributed by atoms with Gasteiger partial charge in [0.25, 0.3) is 6.10 Å². The third-order valence-electron chi connectivity index (χ3n) is 2.10. The summed E-state index contributed by atoms with van der Waals surface area (Å²) < 4.78 is 77.2. The lowest BCUT2D eigenvalue weighted by Crippen LogP contribution is -2.46. The van der Waals surface area contributed by atoms with Crippen molar-refractivity contribution in [2.45, 2.75) is 31.9 Å². The van der Waals surface area contributed by atoms with Crippen LogP contribution in [0.5, 0.6) is 6.01 Å². The van der Waals surface area contributed by atoms with E-state index in [4.69, 9.17) is 5.73 Å². The molecule has 108 valence electrons. The van der Waals surface area contributed by atoms with E-state index < -0.39 is 24.5 Å². The SMILES string of the molecule is Cc1nc(OC(C(F)(F)F)C(F)(F)F)ncc1CN. The van der Waals surface area contributed by atoms with Crippen LogP contribution >= 0.6 is 0 Å². The summed E-state index contributed by atoms with van der Waals surface area (Å²) in [6, 6.07) is -1.01. The van der Waals surface area contributed by atoms with Gasteiger partial charge >= 0.3 is 18.4 Å². The van der Waals surface area contributed by atoms with Gasteiger partial charge in [-0.25, -0.2) is 9.97 Å². The summed E-state index contributed by atoms with van der Waals surface area (Å²) in [5.41, 5.74) is 5.80. The van der Waals surface area contributed by atoms with Crippen LogP contribution < -0.4 is 10.5 Å². The molecule has 4 nitrogen and oxygen atoms in total. The van der Waals surface area contributed by atoms with E-state index >= 15 is 0 Å². The molecule has 1 heterocycles. The molecule has 0 bridgehead atoms. The molecule has 0 radical (unpaired) electrons. The van der Waals surface area contributed by atoms with Crippen LogP contribution in [0, 0.1) is 6.92 Å². The minimum atomic E-state index is -5.61. The number of aryl methyl sites for hydroxylation is 1. The lowest BCUT2D eigenvalue weighted by Gasteiger charge is -2.22. The summed E-state index contributed by atoms with van der Waals surface area (Å²) in [5.74, 6) is 0. The van der Waals surface area contributed by atoms with Gasteiger partial charge in [0, 0.05) is 24.0 Å². The summed E-state index contributed by atoms with van der Waals surface area (Å²) in [4.78, 5) is 6.66. The van der Waals surface area contributed by atoms with Gasteiger partial charge in [0.05, 0.1) is 0 Å². The van der Waals surface area contributed by atoms with Gasteiger partial charge in [0.2, 0.25) is 0 Å². The van der Waals surface area contributed by atoms with Gasteiger partial charge in [0.15, 0.2) is 0 Å². The predicted molar refractivity (Wildman–Crippen MR) is 51.2 cm³/mol. The van der Waals surface area contributed by atoms with E-state index in [1.54, 1.807) is 0 Å². The fraction of sp³-hybridized carbons (Fsp3) is 0.556. The Bertz CT molecular complexity index is 431. The first kappa shape index (κ1) is 15.5. The van der Waals surface area contributed by atoms with Gasteiger partial charge in [-0.2, -0.15) is 26.3 Å². The molecule has 0 saturated carbocycles. The molecule has 1 aromatic heterocycles. The highest BCUT2D eigenvalue weighted by atomic mass is 19.4. The minimum absolute atomic E-state index is 0.00802. The van der Waals surface area contributed by atoms with Crippen LogP contribution in [0.25, 0.3) is 0 Å². The van der Waals surface area contributed by atoms with Gasteiger partial charge in [-0.3, -0.25) is 0 Å². The molecule has 2 N–H and O–H groups in total. The summed E-state index contributed by atoms with van der Waals surface area (Å²) in [6.07, 6.45) is -14.2. The van der Waals surface area contributed by atoms with E-state index in [2.05, 4.69) is 14.7 Å². The van der Waals surface area contributed by atoms with Crippen molar-refractivity contribution in [3.05, 3.63) is 17.5 Å². The van der Waals surface area contributed by atoms with Crippen LogP contribution in [-0.4, -0.2) is 28.4 Å². The number of hydrogen-bond donors (Lipinski definition) is 1. The molecule has 0 atom stereocenters. The lowest BCUT2D eigenvalue weighted by molar-refractivity contribution is -0.301. The highest BCUT2D eigenvalue weighted by Gasteiger charge is 2.59. The van der Waals surface area contributed by atoms with E-state index in [1.165, 1.54) is 6.92 Å². The predicted octanol–water partition coefficient (Wildman–Crippen LogP) is 2.12. The van der Waals surface area contributed by atoms with Crippen LogP contribution in [0.15, 0.2) is 6.20 Å². The summed E-state index contributed by atoms with van der Waals surface area (Å²) >= 11 is 0. The van der Waals surface area contributed by atoms with Crippen molar-refractivity contribution in [2.75, 3.05) is 0 Å². The monoisotopic (exact) mass is 289 g/mol. The molecule has 10 heteroatoms. The Morgan fingerprint density at radius 1 is 1.21 bits per heavy atom. The van der Waals surface area contributed by atoms with Gasteiger partial charge in [-0.1, -0.05) is 0 Å².